The second-order valence-electron chi connectivity index (χ2n) is 11.6. The third-order valence-electron chi connectivity index (χ3n) is 6.83. The van der Waals surface area contributed by atoms with E-state index in [1.807, 2.05) is 0 Å². The van der Waals surface area contributed by atoms with E-state index >= 15 is 0 Å². The van der Waals surface area contributed by atoms with Crippen molar-refractivity contribution in [1.29, 1.82) is 0 Å². The molecule has 8 heteroatoms. The van der Waals surface area contributed by atoms with E-state index in [9.17, 15) is 22.6 Å². The highest BCUT2D eigenvalue weighted by atomic mass is 32.2. The molecule has 0 radical (unpaired) electrons. The Morgan fingerprint density at radius 1 is 0.579 bits per heavy atom. The quantitative estimate of drug-likeness (QED) is 0.0645. The van der Waals surface area contributed by atoms with Crippen molar-refractivity contribution in [3.63, 3.8) is 0 Å². The summed E-state index contributed by atoms with van der Waals surface area (Å²) in [7, 11) is -4.76. The van der Waals surface area contributed by atoms with Crippen LogP contribution >= 0.6 is 0 Å². The molecule has 0 rings (SSSR count). The zero-order valence-electron chi connectivity index (χ0n) is 24.9. The highest BCUT2D eigenvalue weighted by Gasteiger charge is 2.35. The van der Waals surface area contributed by atoms with Crippen LogP contribution < -0.4 is 0 Å². The van der Waals surface area contributed by atoms with Crippen molar-refractivity contribution >= 4 is 22.1 Å². The minimum Gasteiger partial charge on any atom is -0.466 e. The molecule has 0 aromatic rings. The van der Waals surface area contributed by atoms with Crippen LogP contribution in [0.1, 0.15) is 150 Å². The van der Waals surface area contributed by atoms with Crippen LogP contribution in [0.25, 0.3) is 0 Å². The van der Waals surface area contributed by atoms with E-state index in [-0.39, 0.29) is 13.2 Å². The Morgan fingerprint density at radius 3 is 1.29 bits per heavy atom. The van der Waals surface area contributed by atoms with Gasteiger partial charge in [0.15, 0.2) is 5.25 Å². The molecule has 0 heterocycles. The molecule has 1 atom stereocenters. The topological polar surface area (TPSA) is 107 Å². The van der Waals surface area contributed by atoms with Gasteiger partial charge in [-0.3, -0.25) is 14.1 Å². The molecular weight excluding hydrogens is 504 g/mol. The molecule has 0 aromatic heterocycles. The van der Waals surface area contributed by atoms with Crippen molar-refractivity contribution in [1.82, 2.24) is 0 Å². The van der Waals surface area contributed by atoms with Crippen molar-refractivity contribution in [3.8, 4) is 0 Å². The first-order chi connectivity index (χ1) is 18.0. The summed E-state index contributed by atoms with van der Waals surface area (Å²) in [5.74, 6) is -0.372. The van der Waals surface area contributed by atoms with E-state index in [1.54, 1.807) is 0 Å². The maximum absolute atomic E-state index is 12.2. The molecule has 226 valence electrons. The molecule has 1 N–H and O–H groups in total. The van der Waals surface area contributed by atoms with E-state index in [2.05, 4.69) is 27.7 Å². The fourth-order valence-corrected chi connectivity index (χ4v) is 5.06. The van der Waals surface area contributed by atoms with E-state index in [4.69, 9.17) is 9.47 Å². The largest absolute Gasteiger partial charge is 0.466 e. The summed E-state index contributed by atoms with van der Waals surface area (Å²) in [5, 5.41) is -1.93. The summed E-state index contributed by atoms with van der Waals surface area (Å²) in [6.45, 7) is 9.25. The number of carbonyl (C=O) groups excluding carboxylic acids is 2. The molecule has 0 aliphatic carbocycles. The number of carbonyl (C=O) groups is 2. The van der Waals surface area contributed by atoms with Crippen molar-refractivity contribution in [2.24, 2.45) is 11.8 Å². The van der Waals surface area contributed by atoms with Gasteiger partial charge in [-0.2, -0.15) is 8.42 Å². The highest BCUT2D eigenvalue weighted by Crippen LogP contribution is 2.15. The van der Waals surface area contributed by atoms with E-state index in [0.717, 1.165) is 50.4 Å². The van der Waals surface area contributed by atoms with Crippen LogP contribution in [0, 0.1) is 11.8 Å². The summed E-state index contributed by atoms with van der Waals surface area (Å²) < 4.78 is 42.9. The number of unbranched alkanes of at least 4 members (excludes halogenated alkanes) is 14. The van der Waals surface area contributed by atoms with Crippen molar-refractivity contribution < 1.29 is 32.0 Å². The zero-order chi connectivity index (χ0) is 28.7. The van der Waals surface area contributed by atoms with Gasteiger partial charge in [-0.05, 0) is 24.7 Å². The number of esters is 2. The Hall–Kier alpha value is -1.15. The lowest BCUT2D eigenvalue weighted by atomic mass is 10.0. The molecule has 38 heavy (non-hydrogen) atoms. The summed E-state index contributed by atoms with van der Waals surface area (Å²) in [6.07, 6.45) is 19.4. The van der Waals surface area contributed by atoms with Crippen molar-refractivity contribution in [2.45, 2.75) is 155 Å². The molecule has 0 spiro atoms. The Kier molecular flexibility index (Phi) is 23.0. The van der Waals surface area contributed by atoms with Crippen LogP contribution in [0.15, 0.2) is 0 Å². The Labute approximate surface area is 234 Å². The smallest absolute Gasteiger partial charge is 0.327 e. The summed E-state index contributed by atoms with van der Waals surface area (Å²) >= 11 is 0. The average molecular weight is 563 g/mol. The Morgan fingerprint density at radius 2 is 0.921 bits per heavy atom. The monoisotopic (exact) mass is 562 g/mol. The maximum atomic E-state index is 12.2. The summed E-state index contributed by atoms with van der Waals surface area (Å²) in [6, 6.07) is 0. The fourth-order valence-electron chi connectivity index (χ4n) is 4.40. The third-order valence-corrected chi connectivity index (χ3v) is 7.91. The number of rotatable bonds is 26. The van der Waals surface area contributed by atoms with Crippen LogP contribution in [-0.2, 0) is 29.2 Å². The zero-order valence-corrected chi connectivity index (χ0v) is 25.7. The second kappa shape index (κ2) is 23.7. The standard InChI is InChI=1S/C30H58O7S/c1-26(2)21-17-13-9-5-7-11-15-19-23-36-29(31)25-28(38(33,34)35)30(32)37-24-20-16-12-8-6-10-14-18-22-27(3)4/h26-28H,5-25H2,1-4H3,(H,33,34,35)/t28-/m1/s1. The summed E-state index contributed by atoms with van der Waals surface area (Å²) in [5.41, 5.74) is 0. The molecule has 0 saturated heterocycles. The van der Waals surface area contributed by atoms with Gasteiger partial charge in [0.25, 0.3) is 10.1 Å². The predicted molar refractivity (Wildman–Crippen MR) is 155 cm³/mol. The first kappa shape index (κ1) is 36.8. The molecule has 0 aliphatic heterocycles. The van der Waals surface area contributed by atoms with E-state index in [0.29, 0.717) is 12.8 Å². The maximum Gasteiger partial charge on any atom is 0.327 e. The van der Waals surface area contributed by atoms with Gasteiger partial charge in [-0.15, -0.1) is 0 Å². The van der Waals surface area contributed by atoms with Gasteiger partial charge in [0.05, 0.1) is 19.6 Å². The lowest BCUT2D eigenvalue weighted by molar-refractivity contribution is -0.150. The van der Waals surface area contributed by atoms with E-state index < -0.39 is 33.7 Å². The molecule has 0 saturated carbocycles. The number of hydrogen-bond acceptors (Lipinski definition) is 6. The normalized spacial score (nSPS) is 12.7. The molecule has 7 nitrogen and oxygen atoms in total. The Bertz CT molecular complexity index is 689. The lowest BCUT2D eigenvalue weighted by Crippen LogP contribution is -2.34. The molecule has 0 unspecified atom stereocenters. The fraction of sp³-hybridized carbons (Fsp3) is 0.933. The SMILES string of the molecule is CC(C)CCCCCCCCCCOC(=O)C[C@H](C(=O)OCCCCCCCCCCC(C)C)S(=O)(=O)O. The predicted octanol–water partition coefficient (Wildman–Crippen LogP) is 8.05. The Balaban J connectivity index is 3.91. The van der Waals surface area contributed by atoms with Gasteiger partial charge in [0.2, 0.25) is 0 Å². The number of hydrogen-bond donors (Lipinski definition) is 1. The third kappa shape index (κ3) is 23.9. The first-order valence-electron chi connectivity index (χ1n) is 15.3. The van der Waals surface area contributed by atoms with Crippen molar-refractivity contribution in [3.05, 3.63) is 0 Å². The summed E-state index contributed by atoms with van der Waals surface area (Å²) in [4.78, 5) is 24.3. The van der Waals surface area contributed by atoms with Gasteiger partial charge in [-0.1, -0.05) is 130 Å². The minimum absolute atomic E-state index is 0.0754. The van der Waals surface area contributed by atoms with Crippen LogP contribution in [0.4, 0.5) is 0 Å². The van der Waals surface area contributed by atoms with Crippen LogP contribution in [0.3, 0.4) is 0 Å². The van der Waals surface area contributed by atoms with Gasteiger partial charge < -0.3 is 9.47 Å². The average Bonchev–Trinajstić information content (AvgIpc) is 2.83. The molecule has 0 aliphatic rings. The van der Waals surface area contributed by atoms with Gasteiger partial charge >= 0.3 is 11.9 Å². The molecule has 0 aromatic carbocycles. The lowest BCUT2D eigenvalue weighted by Gasteiger charge is -2.13. The van der Waals surface area contributed by atoms with Crippen molar-refractivity contribution in [2.75, 3.05) is 13.2 Å². The first-order valence-corrected chi connectivity index (χ1v) is 16.8. The van der Waals surface area contributed by atoms with Gasteiger partial charge in [0, 0.05) is 0 Å². The van der Waals surface area contributed by atoms with Gasteiger partial charge in [-0.25, -0.2) is 0 Å². The molecule has 0 fully saturated rings. The minimum atomic E-state index is -4.76. The molecular formula is C30H58O7S. The van der Waals surface area contributed by atoms with Gasteiger partial charge in [0.1, 0.15) is 0 Å². The second-order valence-corrected chi connectivity index (χ2v) is 13.2. The highest BCUT2D eigenvalue weighted by molar-refractivity contribution is 7.87. The van der Waals surface area contributed by atoms with Crippen LogP contribution in [-0.4, -0.2) is 43.4 Å². The molecule has 0 amide bonds. The number of ether oxygens (including phenoxy) is 2. The molecule has 0 bridgehead atoms. The van der Waals surface area contributed by atoms with Crippen LogP contribution in [0.5, 0.6) is 0 Å². The van der Waals surface area contributed by atoms with Crippen LogP contribution in [0.2, 0.25) is 0 Å². The van der Waals surface area contributed by atoms with E-state index in [1.165, 1.54) is 64.2 Å².